The number of aliphatic hydroxyl groups is 1. The number of hydrogen-bond acceptors (Lipinski definition) is 3. The van der Waals surface area contributed by atoms with Crippen LogP contribution in [0.25, 0.3) is 0 Å². The van der Waals surface area contributed by atoms with Gasteiger partial charge in [0.05, 0.1) is 18.7 Å². The highest BCUT2D eigenvalue weighted by Gasteiger charge is 2.55. The minimum Gasteiger partial charge on any atom is -0.394 e. The number of nitrogens with one attached hydrogen (secondary N) is 2. The summed E-state index contributed by atoms with van der Waals surface area (Å²) < 4.78 is 0. The highest BCUT2D eigenvalue weighted by atomic mass is 16.3. The summed E-state index contributed by atoms with van der Waals surface area (Å²) in [7, 11) is 0. The van der Waals surface area contributed by atoms with Crippen molar-refractivity contribution >= 4 is 23.4 Å². The molecule has 3 N–H and O–H groups in total. The summed E-state index contributed by atoms with van der Waals surface area (Å²) in [5, 5.41) is 15.8. The van der Waals surface area contributed by atoms with Gasteiger partial charge in [-0.25, -0.2) is 9.59 Å². The summed E-state index contributed by atoms with van der Waals surface area (Å²) in [6.45, 7) is 2.86. The van der Waals surface area contributed by atoms with Gasteiger partial charge in [0.25, 0.3) is 0 Å². The molecular formula is C22H26N4O3. The first-order valence-corrected chi connectivity index (χ1v) is 10.0. The summed E-state index contributed by atoms with van der Waals surface area (Å²) in [5.74, 6) is 0.0179. The Morgan fingerprint density at radius 1 is 1.07 bits per heavy atom. The van der Waals surface area contributed by atoms with Crippen molar-refractivity contribution in [3.63, 3.8) is 0 Å². The Morgan fingerprint density at radius 2 is 1.79 bits per heavy atom. The van der Waals surface area contributed by atoms with Crippen LogP contribution in [0.5, 0.6) is 0 Å². The molecule has 2 aliphatic rings. The van der Waals surface area contributed by atoms with E-state index in [1.165, 1.54) is 0 Å². The van der Waals surface area contributed by atoms with Crippen molar-refractivity contribution in [3.8, 4) is 0 Å². The van der Waals surface area contributed by atoms with Crippen molar-refractivity contribution in [1.82, 2.24) is 10.2 Å². The molecule has 0 radical (unpaired) electrons. The number of nitrogens with zero attached hydrogens (tertiary/aromatic N) is 2. The van der Waals surface area contributed by atoms with E-state index in [2.05, 4.69) is 10.6 Å². The number of para-hydroxylation sites is 2. The van der Waals surface area contributed by atoms with E-state index in [9.17, 15) is 14.7 Å². The maximum Gasteiger partial charge on any atom is 0.326 e. The average Bonchev–Trinajstić information content (AvgIpc) is 2.73. The molecule has 0 saturated carbocycles. The van der Waals surface area contributed by atoms with Gasteiger partial charge in [0.1, 0.15) is 0 Å². The van der Waals surface area contributed by atoms with Crippen LogP contribution >= 0.6 is 0 Å². The Labute approximate surface area is 170 Å². The van der Waals surface area contributed by atoms with Gasteiger partial charge in [-0.3, -0.25) is 4.90 Å². The van der Waals surface area contributed by atoms with E-state index < -0.39 is 0 Å². The molecule has 0 spiro atoms. The van der Waals surface area contributed by atoms with Crippen LogP contribution in [0.4, 0.5) is 21.0 Å². The minimum absolute atomic E-state index is 0.0179. The number of urea groups is 2. The van der Waals surface area contributed by atoms with Crippen LogP contribution in [-0.4, -0.2) is 53.8 Å². The molecule has 152 valence electrons. The standard InChI is InChI=1S/C22H26N4O3/c1-2-12-23-21(28)26-18-13-25(22(29)24-15-8-4-3-5-9-15)17-11-7-6-10-16(17)20(18)19(26)14-27/h3-11,18-20,27H,2,12-14H2,1H3,(H,23,28)(H,24,29)/t18-,19-,20+/m0/s1. The quantitative estimate of drug-likeness (QED) is 0.745. The molecule has 29 heavy (non-hydrogen) atoms. The molecule has 2 aromatic carbocycles. The summed E-state index contributed by atoms with van der Waals surface area (Å²) >= 11 is 0. The van der Waals surface area contributed by atoms with E-state index in [0.717, 1.165) is 23.4 Å². The minimum atomic E-state index is -0.280. The number of carbonyl (C=O) groups is 2. The van der Waals surface area contributed by atoms with E-state index in [4.69, 9.17) is 0 Å². The van der Waals surface area contributed by atoms with Crippen molar-refractivity contribution in [2.24, 2.45) is 0 Å². The second-order valence-corrected chi connectivity index (χ2v) is 7.45. The zero-order valence-corrected chi connectivity index (χ0v) is 16.4. The van der Waals surface area contributed by atoms with Crippen LogP contribution in [-0.2, 0) is 0 Å². The number of fused-ring (bicyclic) bond motifs is 3. The van der Waals surface area contributed by atoms with Gasteiger partial charge in [0.2, 0.25) is 0 Å². The molecule has 0 bridgehead atoms. The second kappa shape index (κ2) is 8.13. The lowest BCUT2D eigenvalue weighted by Gasteiger charge is -2.58. The first kappa shape index (κ1) is 19.3. The third-order valence-corrected chi connectivity index (χ3v) is 5.72. The van der Waals surface area contributed by atoms with Gasteiger partial charge >= 0.3 is 12.1 Å². The van der Waals surface area contributed by atoms with Gasteiger partial charge in [-0.15, -0.1) is 0 Å². The molecule has 4 rings (SSSR count). The SMILES string of the molecule is CCCNC(=O)N1[C@@H](CO)[C@@H]2c3ccccc3N(C(=O)Nc3ccccc3)C[C@@H]21. The van der Waals surface area contributed by atoms with Crippen LogP contribution in [0.1, 0.15) is 24.8 Å². The number of hydrogen-bond donors (Lipinski definition) is 3. The van der Waals surface area contributed by atoms with E-state index in [-0.39, 0.29) is 36.7 Å². The molecule has 3 atom stereocenters. The molecule has 1 saturated heterocycles. The Balaban J connectivity index is 1.62. The molecule has 2 aliphatic heterocycles. The summed E-state index contributed by atoms with van der Waals surface area (Å²) in [4.78, 5) is 29.1. The number of carbonyl (C=O) groups excluding carboxylic acids is 2. The molecule has 0 unspecified atom stereocenters. The van der Waals surface area contributed by atoms with Crippen LogP contribution in [0.15, 0.2) is 54.6 Å². The number of anilines is 2. The molecule has 7 heteroatoms. The van der Waals surface area contributed by atoms with Crippen LogP contribution in [0.2, 0.25) is 0 Å². The summed E-state index contributed by atoms with van der Waals surface area (Å²) in [5.41, 5.74) is 2.54. The first-order chi connectivity index (χ1) is 14.2. The van der Waals surface area contributed by atoms with E-state index in [1.807, 2.05) is 61.5 Å². The molecule has 0 aromatic heterocycles. The lowest BCUT2D eigenvalue weighted by molar-refractivity contribution is -0.00673. The van der Waals surface area contributed by atoms with Gasteiger partial charge in [0.15, 0.2) is 0 Å². The Hall–Kier alpha value is -3.06. The predicted molar refractivity (Wildman–Crippen MR) is 112 cm³/mol. The Morgan fingerprint density at radius 3 is 2.52 bits per heavy atom. The molecule has 2 heterocycles. The van der Waals surface area contributed by atoms with E-state index in [1.54, 1.807) is 9.80 Å². The third-order valence-electron chi connectivity index (χ3n) is 5.72. The second-order valence-electron chi connectivity index (χ2n) is 7.45. The summed E-state index contributed by atoms with van der Waals surface area (Å²) in [6.07, 6.45) is 0.839. The Kier molecular flexibility index (Phi) is 5.40. The number of aliphatic hydroxyl groups excluding tert-OH is 1. The molecule has 0 aliphatic carbocycles. The molecule has 1 fully saturated rings. The van der Waals surface area contributed by atoms with Gasteiger partial charge < -0.3 is 20.6 Å². The molecule has 7 nitrogen and oxygen atoms in total. The monoisotopic (exact) mass is 394 g/mol. The maximum atomic E-state index is 13.1. The number of likely N-dealkylation sites (tertiary alicyclic amines) is 1. The van der Waals surface area contributed by atoms with Crippen LogP contribution in [0, 0.1) is 0 Å². The van der Waals surface area contributed by atoms with Gasteiger partial charge in [-0.2, -0.15) is 0 Å². The van der Waals surface area contributed by atoms with E-state index >= 15 is 0 Å². The summed E-state index contributed by atoms with van der Waals surface area (Å²) in [6, 6.07) is 16.2. The van der Waals surface area contributed by atoms with Crippen molar-refractivity contribution in [1.29, 1.82) is 0 Å². The fourth-order valence-corrected chi connectivity index (χ4v) is 4.39. The average molecular weight is 394 g/mol. The predicted octanol–water partition coefficient (Wildman–Crippen LogP) is 2.99. The normalized spacial score (nSPS) is 22.2. The zero-order chi connectivity index (χ0) is 20.4. The number of amides is 4. The third kappa shape index (κ3) is 3.42. The van der Waals surface area contributed by atoms with Crippen LogP contribution < -0.4 is 15.5 Å². The highest BCUT2D eigenvalue weighted by molar-refractivity contribution is 6.03. The lowest BCUT2D eigenvalue weighted by Crippen LogP contribution is -2.72. The van der Waals surface area contributed by atoms with Gasteiger partial charge in [-0.1, -0.05) is 43.3 Å². The molecule has 4 amide bonds. The highest BCUT2D eigenvalue weighted by Crippen LogP contribution is 2.48. The number of benzene rings is 2. The Bertz CT molecular complexity index is 889. The van der Waals surface area contributed by atoms with E-state index in [0.29, 0.717) is 13.1 Å². The largest absolute Gasteiger partial charge is 0.394 e. The fraction of sp³-hybridized carbons (Fsp3) is 0.364. The van der Waals surface area contributed by atoms with Crippen LogP contribution in [0.3, 0.4) is 0 Å². The zero-order valence-electron chi connectivity index (χ0n) is 16.4. The molecular weight excluding hydrogens is 368 g/mol. The van der Waals surface area contributed by atoms with Crippen molar-refractivity contribution in [2.45, 2.75) is 31.3 Å². The number of rotatable bonds is 4. The first-order valence-electron chi connectivity index (χ1n) is 10.0. The smallest absolute Gasteiger partial charge is 0.326 e. The van der Waals surface area contributed by atoms with Crippen molar-refractivity contribution in [2.75, 3.05) is 29.9 Å². The van der Waals surface area contributed by atoms with Gasteiger partial charge in [-0.05, 0) is 30.2 Å². The van der Waals surface area contributed by atoms with Gasteiger partial charge in [0, 0.05) is 30.4 Å². The molecule has 2 aromatic rings. The van der Waals surface area contributed by atoms with Crippen molar-refractivity contribution in [3.05, 3.63) is 60.2 Å². The fourth-order valence-electron chi connectivity index (χ4n) is 4.39. The topological polar surface area (TPSA) is 84.9 Å². The maximum absolute atomic E-state index is 13.1. The lowest BCUT2D eigenvalue weighted by atomic mass is 9.72. The van der Waals surface area contributed by atoms with Crippen molar-refractivity contribution < 1.29 is 14.7 Å².